The Kier molecular flexibility index (Phi) is 2.87. The van der Waals surface area contributed by atoms with Crippen molar-refractivity contribution in [1.29, 1.82) is 0 Å². The number of nitrogens with two attached hydrogens (primary N) is 1. The van der Waals surface area contributed by atoms with Crippen LogP contribution in [-0.4, -0.2) is 11.5 Å². The predicted octanol–water partition coefficient (Wildman–Crippen LogP) is 3.00. The normalized spacial score (nSPS) is 12.3. The molecular weight excluding hydrogens is 229 g/mol. The third kappa shape index (κ3) is 2.02. The number of aromatic nitrogens is 1. The Hall–Kier alpha value is -1.49. The topological polar surface area (TPSA) is 41.8 Å². The molecule has 0 aliphatic carbocycles. The van der Waals surface area contributed by atoms with Gasteiger partial charge >= 0.3 is 6.18 Å². The first-order valence-electron chi connectivity index (χ1n) is 5.32. The van der Waals surface area contributed by atoms with Crippen molar-refractivity contribution in [1.82, 2.24) is 4.98 Å². The Bertz CT molecular complexity index is 540. The third-order valence-electron chi connectivity index (χ3n) is 2.84. The summed E-state index contributed by atoms with van der Waals surface area (Å²) in [6, 6.07) is 4.17. The fraction of sp³-hybridized carbons (Fsp3) is 0.333. The molecular formula is C12H13F3N2. The van der Waals surface area contributed by atoms with E-state index in [-0.39, 0.29) is 5.39 Å². The highest BCUT2D eigenvalue weighted by Gasteiger charge is 2.33. The molecule has 1 aromatic heterocycles. The second kappa shape index (κ2) is 4.07. The van der Waals surface area contributed by atoms with Gasteiger partial charge in [0, 0.05) is 16.6 Å². The van der Waals surface area contributed by atoms with Gasteiger partial charge < -0.3 is 10.7 Å². The van der Waals surface area contributed by atoms with Crippen LogP contribution in [0.2, 0.25) is 0 Å². The second-order valence-electron chi connectivity index (χ2n) is 3.99. The minimum absolute atomic E-state index is 0.253. The molecule has 2 rings (SSSR count). The minimum atomic E-state index is -4.34. The van der Waals surface area contributed by atoms with E-state index in [0.717, 1.165) is 11.8 Å². The molecule has 0 fully saturated rings. The molecule has 0 atom stereocenters. The van der Waals surface area contributed by atoms with Crippen molar-refractivity contribution in [2.75, 3.05) is 6.54 Å². The first-order chi connectivity index (χ1) is 7.95. The van der Waals surface area contributed by atoms with E-state index in [9.17, 15) is 13.2 Å². The van der Waals surface area contributed by atoms with Crippen LogP contribution in [-0.2, 0) is 12.6 Å². The molecule has 0 saturated carbocycles. The maximum Gasteiger partial charge on any atom is 0.417 e. The molecule has 0 aliphatic rings. The Labute approximate surface area is 96.6 Å². The van der Waals surface area contributed by atoms with Crippen molar-refractivity contribution in [3.8, 4) is 0 Å². The summed E-state index contributed by atoms with van der Waals surface area (Å²) in [5.41, 5.74) is 6.78. The van der Waals surface area contributed by atoms with Gasteiger partial charge in [-0.3, -0.25) is 0 Å². The Balaban J connectivity index is 2.77. The monoisotopic (exact) mass is 242 g/mol. The van der Waals surface area contributed by atoms with Gasteiger partial charge in [-0.05, 0) is 37.6 Å². The molecule has 3 N–H and O–H groups in total. The SMILES string of the molecule is Cc1[nH]c2cccc(C(F)(F)F)c2c1CCN. The third-order valence-corrected chi connectivity index (χ3v) is 2.84. The van der Waals surface area contributed by atoms with Gasteiger partial charge in [0.2, 0.25) is 0 Å². The number of H-pyrrole nitrogens is 1. The summed E-state index contributed by atoms with van der Waals surface area (Å²) in [4.78, 5) is 2.97. The van der Waals surface area contributed by atoms with Crippen LogP contribution in [0.4, 0.5) is 13.2 Å². The van der Waals surface area contributed by atoms with Crippen LogP contribution in [0.3, 0.4) is 0 Å². The number of alkyl halides is 3. The Morgan fingerprint density at radius 1 is 1.29 bits per heavy atom. The van der Waals surface area contributed by atoms with Crippen LogP contribution in [0, 0.1) is 6.92 Å². The van der Waals surface area contributed by atoms with Gasteiger partial charge in [0.25, 0.3) is 0 Å². The number of halogens is 3. The lowest BCUT2D eigenvalue weighted by molar-refractivity contribution is -0.136. The summed E-state index contributed by atoms with van der Waals surface area (Å²) in [5.74, 6) is 0. The van der Waals surface area contributed by atoms with Gasteiger partial charge in [-0.25, -0.2) is 0 Å². The van der Waals surface area contributed by atoms with Crippen LogP contribution in [0.15, 0.2) is 18.2 Å². The number of aromatic amines is 1. The largest absolute Gasteiger partial charge is 0.417 e. The molecule has 2 nitrogen and oxygen atoms in total. The van der Waals surface area contributed by atoms with Gasteiger partial charge in [0.1, 0.15) is 0 Å². The van der Waals surface area contributed by atoms with E-state index < -0.39 is 11.7 Å². The van der Waals surface area contributed by atoms with Crippen LogP contribution in [0.25, 0.3) is 10.9 Å². The standard InChI is InChI=1S/C12H13F3N2/c1-7-8(5-6-16)11-9(12(13,14)15)3-2-4-10(11)17-7/h2-4,17H,5-6,16H2,1H3. The number of hydrogen-bond acceptors (Lipinski definition) is 1. The molecule has 0 aliphatic heterocycles. The number of benzene rings is 1. The molecule has 0 unspecified atom stereocenters. The minimum Gasteiger partial charge on any atom is -0.358 e. The number of aryl methyl sites for hydroxylation is 1. The van der Waals surface area contributed by atoms with Crippen LogP contribution in [0.5, 0.6) is 0 Å². The molecule has 0 spiro atoms. The van der Waals surface area contributed by atoms with Crippen molar-refractivity contribution in [2.45, 2.75) is 19.5 Å². The number of hydrogen-bond donors (Lipinski definition) is 2. The van der Waals surface area contributed by atoms with Crippen LogP contribution < -0.4 is 5.73 Å². The fourth-order valence-corrected chi connectivity index (χ4v) is 2.14. The molecule has 92 valence electrons. The molecule has 2 aromatic rings. The van der Waals surface area contributed by atoms with Gasteiger partial charge in [-0.15, -0.1) is 0 Å². The van der Waals surface area contributed by atoms with Gasteiger partial charge in [0.15, 0.2) is 0 Å². The van der Waals surface area contributed by atoms with Crippen molar-refractivity contribution in [2.24, 2.45) is 5.73 Å². The summed E-state index contributed by atoms with van der Waals surface area (Å²) in [6.45, 7) is 2.10. The van der Waals surface area contributed by atoms with Crippen LogP contribution >= 0.6 is 0 Å². The van der Waals surface area contributed by atoms with Gasteiger partial charge in [0.05, 0.1) is 5.56 Å². The predicted molar refractivity (Wildman–Crippen MR) is 60.8 cm³/mol. The molecule has 1 heterocycles. The molecule has 0 radical (unpaired) electrons. The first kappa shape index (κ1) is 12.0. The Morgan fingerprint density at radius 2 is 2.00 bits per heavy atom. The summed E-state index contributed by atoms with van der Waals surface area (Å²) < 4.78 is 38.7. The summed E-state index contributed by atoms with van der Waals surface area (Å²) in [6.07, 6.45) is -3.89. The summed E-state index contributed by atoms with van der Waals surface area (Å²) in [7, 11) is 0. The summed E-state index contributed by atoms with van der Waals surface area (Å²) >= 11 is 0. The molecule has 0 saturated heterocycles. The molecule has 1 aromatic carbocycles. The van der Waals surface area contributed by atoms with E-state index in [4.69, 9.17) is 5.73 Å². The van der Waals surface area contributed by atoms with E-state index in [2.05, 4.69) is 4.98 Å². The quantitative estimate of drug-likeness (QED) is 0.835. The summed E-state index contributed by atoms with van der Waals surface area (Å²) in [5, 5.41) is 0.253. The highest BCUT2D eigenvalue weighted by Crippen LogP contribution is 2.37. The van der Waals surface area contributed by atoms with Gasteiger partial charge in [-0.2, -0.15) is 13.2 Å². The van der Waals surface area contributed by atoms with E-state index in [1.165, 1.54) is 6.07 Å². The number of fused-ring (bicyclic) bond motifs is 1. The van der Waals surface area contributed by atoms with E-state index in [1.54, 1.807) is 13.0 Å². The number of nitrogens with one attached hydrogen (secondary N) is 1. The molecule has 0 bridgehead atoms. The van der Waals surface area contributed by atoms with E-state index >= 15 is 0 Å². The smallest absolute Gasteiger partial charge is 0.358 e. The van der Waals surface area contributed by atoms with Crippen LogP contribution in [0.1, 0.15) is 16.8 Å². The van der Waals surface area contributed by atoms with Crippen molar-refractivity contribution in [3.05, 3.63) is 35.0 Å². The lowest BCUT2D eigenvalue weighted by atomic mass is 10.0. The zero-order valence-electron chi connectivity index (χ0n) is 9.36. The van der Waals surface area contributed by atoms with Crippen molar-refractivity contribution in [3.63, 3.8) is 0 Å². The lowest BCUT2D eigenvalue weighted by Gasteiger charge is -2.09. The molecule has 5 heteroatoms. The van der Waals surface area contributed by atoms with E-state index in [1.807, 2.05) is 0 Å². The highest BCUT2D eigenvalue weighted by atomic mass is 19.4. The van der Waals surface area contributed by atoms with Crippen molar-refractivity contribution < 1.29 is 13.2 Å². The second-order valence-corrected chi connectivity index (χ2v) is 3.99. The maximum atomic E-state index is 12.9. The average molecular weight is 242 g/mol. The molecule has 17 heavy (non-hydrogen) atoms. The van der Waals surface area contributed by atoms with Gasteiger partial charge in [-0.1, -0.05) is 6.07 Å². The zero-order valence-corrected chi connectivity index (χ0v) is 9.36. The highest BCUT2D eigenvalue weighted by molar-refractivity contribution is 5.88. The average Bonchev–Trinajstić information content (AvgIpc) is 2.54. The zero-order chi connectivity index (χ0) is 12.6. The maximum absolute atomic E-state index is 12.9. The van der Waals surface area contributed by atoms with Crippen molar-refractivity contribution >= 4 is 10.9 Å². The Morgan fingerprint density at radius 3 is 2.59 bits per heavy atom. The van der Waals surface area contributed by atoms with E-state index in [0.29, 0.717) is 24.0 Å². The molecule has 0 amide bonds. The first-order valence-corrected chi connectivity index (χ1v) is 5.32. The number of rotatable bonds is 2. The lowest BCUT2D eigenvalue weighted by Crippen LogP contribution is -2.08. The fourth-order valence-electron chi connectivity index (χ4n) is 2.14.